The Bertz CT molecular complexity index is 944. The molecule has 0 saturated carbocycles. The number of halogens is 1. The average Bonchev–Trinajstić information content (AvgIpc) is 2.61. The van der Waals surface area contributed by atoms with Gasteiger partial charge in [-0.1, -0.05) is 18.5 Å². The van der Waals surface area contributed by atoms with E-state index in [4.69, 9.17) is 21.1 Å². The molecule has 0 radical (unpaired) electrons. The van der Waals surface area contributed by atoms with Crippen LogP contribution < -0.4 is 19.5 Å². The molecule has 1 aliphatic rings. The van der Waals surface area contributed by atoms with Gasteiger partial charge in [-0.2, -0.15) is 0 Å². The molecule has 1 amide bonds. The number of anilines is 2. The van der Waals surface area contributed by atoms with Crippen LogP contribution >= 0.6 is 11.6 Å². The fourth-order valence-electron chi connectivity index (χ4n) is 2.49. The summed E-state index contributed by atoms with van der Waals surface area (Å²) in [6, 6.07) is 9.10. The van der Waals surface area contributed by atoms with Crippen molar-refractivity contribution in [3.05, 3.63) is 41.4 Å². The SMILES string of the molecule is CCC1Oc2cc(S(=O)(=O)Nc3ccc(OC)cc3)c(Cl)cc2NC1=O. The Balaban J connectivity index is 1.93. The van der Waals surface area contributed by atoms with Crippen molar-refractivity contribution in [2.45, 2.75) is 24.3 Å². The monoisotopic (exact) mass is 396 g/mol. The first-order chi connectivity index (χ1) is 12.3. The zero-order chi connectivity index (χ0) is 18.9. The summed E-state index contributed by atoms with van der Waals surface area (Å²) in [6.45, 7) is 1.80. The van der Waals surface area contributed by atoms with E-state index in [-0.39, 0.29) is 21.6 Å². The molecule has 0 saturated heterocycles. The maximum atomic E-state index is 12.7. The topological polar surface area (TPSA) is 93.7 Å². The van der Waals surface area contributed by atoms with E-state index in [1.165, 1.54) is 19.2 Å². The molecule has 2 aromatic carbocycles. The van der Waals surface area contributed by atoms with Crippen LogP contribution in [-0.4, -0.2) is 27.5 Å². The van der Waals surface area contributed by atoms with Crippen molar-refractivity contribution in [1.82, 2.24) is 0 Å². The van der Waals surface area contributed by atoms with E-state index in [9.17, 15) is 13.2 Å². The van der Waals surface area contributed by atoms with Crippen molar-refractivity contribution < 1.29 is 22.7 Å². The summed E-state index contributed by atoms with van der Waals surface area (Å²) in [7, 11) is -2.43. The zero-order valence-corrected chi connectivity index (χ0v) is 15.6. The first-order valence-electron chi connectivity index (χ1n) is 7.82. The molecule has 2 aromatic rings. The fourth-order valence-corrected chi connectivity index (χ4v) is 4.10. The van der Waals surface area contributed by atoms with Crippen molar-refractivity contribution in [1.29, 1.82) is 0 Å². The number of ether oxygens (including phenoxy) is 2. The van der Waals surface area contributed by atoms with Crippen LogP contribution in [-0.2, 0) is 14.8 Å². The van der Waals surface area contributed by atoms with Gasteiger partial charge in [0.25, 0.3) is 15.9 Å². The van der Waals surface area contributed by atoms with Gasteiger partial charge in [-0.15, -0.1) is 0 Å². The molecule has 0 aromatic heterocycles. The number of nitrogens with one attached hydrogen (secondary N) is 2. The normalized spacial score (nSPS) is 16.3. The van der Waals surface area contributed by atoms with Gasteiger partial charge in [0, 0.05) is 11.8 Å². The number of sulfonamides is 1. The van der Waals surface area contributed by atoms with E-state index < -0.39 is 16.1 Å². The van der Waals surface area contributed by atoms with Crippen LogP contribution in [0, 0.1) is 0 Å². The van der Waals surface area contributed by atoms with Gasteiger partial charge in [0.15, 0.2) is 6.10 Å². The third-order valence-corrected chi connectivity index (χ3v) is 5.70. The van der Waals surface area contributed by atoms with Crippen molar-refractivity contribution in [3.63, 3.8) is 0 Å². The molecule has 9 heteroatoms. The summed E-state index contributed by atoms with van der Waals surface area (Å²) in [5, 5.41) is 2.64. The molecule has 1 unspecified atom stereocenters. The van der Waals surface area contributed by atoms with Gasteiger partial charge in [-0.3, -0.25) is 9.52 Å². The predicted octanol–water partition coefficient (Wildman–Crippen LogP) is 3.26. The van der Waals surface area contributed by atoms with Gasteiger partial charge in [0.2, 0.25) is 0 Å². The molecule has 1 heterocycles. The highest BCUT2D eigenvalue weighted by Crippen LogP contribution is 2.37. The number of hydrogen-bond donors (Lipinski definition) is 2. The molecule has 0 fully saturated rings. The van der Waals surface area contributed by atoms with E-state index in [1.807, 2.05) is 0 Å². The quantitative estimate of drug-likeness (QED) is 0.809. The minimum Gasteiger partial charge on any atom is -0.497 e. The first-order valence-corrected chi connectivity index (χ1v) is 9.68. The third kappa shape index (κ3) is 3.56. The van der Waals surface area contributed by atoms with Gasteiger partial charge in [0.1, 0.15) is 16.4 Å². The lowest BCUT2D eigenvalue weighted by Crippen LogP contribution is -2.36. The van der Waals surface area contributed by atoms with E-state index in [0.29, 0.717) is 23.5 Å². The molecule has 7 nitrogen and oxygen atoms in total. The number of rotatable bonds is 5. The smallest absolute Gasteiger partial charge is 0.265 e. The Morgan fingerprint density at radius 2 is 1.96 bits per heavy atom. The highest BCUT2D eigenvalue weighted by atomic mass is 35.5. The highest BCUT2D eigenvalue weighted by Gasteiger charge is 2.29. The van der Waals surface area contributed by atoms with Crippen LogP contribution in [0.3, 0.4) is 0 Å². The van der Waals surface area contributed by atoms with Crippen molar-refractivity contribution in [3.8, 4) is 11.5 Å². The minimum absolute atomic E-state index is 0.0244. The van der Waals surface area contributed by atoms with Crippen LogP contribution in [0.15, 0.2) is 41.3 Å². The maximum Gasteiger partial charge on any atom is 0.265 e. The molecular weight excluding hydrogens is 380 g/mol. The van der Waals surface area contributed by atoms with E-state index in [2.05, 4.69) is 10.0 Å². The van der Waals surface area contributed by atoms with Crippen molar-refractivity contribution >= 4 is 38.9 Å². The van der Waals surface area contributed by atoms with Gasteiger partial charge in [-0.05, 0) is 36.8 Å². The van der Waals surface area contributed by atoms with Crippen LogP contribution in [0.2, 0.25) is 5.02 Å². The molecule has 0 spiro atoms. The summed E-state index contributed by atoms with van der Waals surface area (Å²) >= 11 is 6.13. The summed E-state index contributed by atoms with van der Waals surface area (Å²) in [5.74, 6) is 0.577. The Morgan fingerprint density at radius 1 is 1.27 bits per heavy atom. The van der Waals surface area contributed by atoms with Crippen LogP contribution in [0.25, 0.3) is 0 Å². The number of fused-ring (bicyclic) bond motifs is 1. The minimum atomic E-state index is -3.95. The molecule has 3 rings (SSSR count). The molecule has 2 N–H and O–H groups in total. The van der Waals surface area contributed by atoms with Crippen molar-refractivity contribution in [2.75, 3.05) is 17.1 Å². The molecule has 1 atom stereocenters. The lowest BCUT2D eigenvalue weighted by atomic mass is 10.2. The molecule has 0 bridgehead atoms. The summed E-state index contributed by atoms with van der Waals surface area (Å²) in [5.41, 5.74) is 0.702. The van der Waals surface area contributed by atoms with Gasteiger partial charge in [0.05, 0.1) is 17.8 Å². The number of benzene rings is 2. The largest absolute Gasteiger partial charge is 0.497 e. The van der Waals surface area contributed by atoms with Gasteiger partial charge >= 0.3 is 0 Å². The Kier molecular flexibility index (Phi) is 4.97. The second kappa shape index (κ2) is 7.05. The highest BCUT2D eigenvalue weighted by molar-refractivity contribution is 7.92. The maximum absolute atomic E-state index is 12.7. The molecule has 0 aliphatic carbocycles. The average molecular weight is 397 g/mol. The van der Waals surface area contributed by atoms with E-state index >= 15 is 0 Å². The first kappa shape index (κ1) is 18.3. The molecular formula is C17H17ClN2O5S. The number of carbonyl (C=O) groups is 1. The number of hydrogen-bond acceptors (Lipinski definition) is 5. The lowest BCUT2D eigenvalue weighted by molar-refractivity contribution is -0.123. The zero-order valence-electron chi connectivity index (χ0n) is 14.1. The van der Waals surface area contributed by atoms with E-state index in [1.54, 1.807) is 31.2 Å². The fraction of sp³-hybridized carbons (Fsp3) is 0.235. The second-order valence-corrected chi connectivity index (χ2v) is 7.67. The second-order valence-electron chi connectivity index (χ2n) is 5.62. The lowest BCUT2D eigenvalue weighted by Gasteiger charge is -2.25. The summed E-state index contributed by atoms with van der Waals surface area (Å²) < 4.78 is 38.5. The van der Waals surface area contributed by atoms with E-state index in [0.717, 1.165) is 0 Å². The Labute approximate surface area is 156 Å². The molecule has 138 valence electrons. The number of methoxy groups -OCH3 is 1. The van der Waals surface area contributed by atoms with Crippen LogP contribution in [0.4, 0.5) is 11.4 Å². The summed E-state index contributed by atoms with van der Waals surface area (Å²) in [6.07, 6.45) is -0.214. The van der Waals surface area contributed by atoms with Crippen LogP contribution in [0.5, 0.6) is 11.5 Å². The predicted molar refractivity (Wildman–Crippen MR) is 98.6 cm³/mol. The standard InChI is InChI=1S/C17H17ClN2O5S/c1-3-14-17(21)19-13-8-12(18)16(9-15(13)25-14)26(22,23)20-10-4-6-11(24-2)7-5-10/h4-9,14,20H,3H2,1-2H3,(H,19,21). The van der Waals surface area contributed by atoms with Gasteiger partial charge < -0.3 is 14.8 Å². The molecule has 26 heavy (non-hydrogen) atoms. The Morgan fingerprint density at radius 3 is 2.58 bits per heavy atom. The third-order valence-electron chi connectivity index (χ3n) is 3.86. The molecule has 1 aliphatic heterocycles. The summed E-state index contributed by atoms with van der Waals surface area (Å²) in [4.78, 5) is 11.7. The number of amides is 1. The number of carbonyl (C=O) groups excluding carboxylic acids is 1. The van der Waals surface area contributed by atoms with Crippen molar-refractivity contribution in [2.24, 2.45) is 0 Å². The van der Waals surface area contributed by atoms with Gasteiger partial charge in [-0.25, -0.2) is 8.42 Å². The Hall–Kier alpha value is -2.45. The van der Waals surface area contributed by atoms with Crippen LogP contribution in [0.1, 0.15) is 13.3 Å².